The Morgan fingerprint density at radius 1 is 1.07 bits per heavy atom. The molecule has 0 aliphatic carbocycles. The number of nitrogens with one attached hydrogen (secondary N) is 1. The van der Waals surface area contributed by atoms with Crippen molar-refractivity contribution >= 4 is 5.91 Å². The van der Waals surface area contributed by atoms with Gasteiger partial charge in [-0.25, -0.2) is 14.4 Å². The average molecular weight is 367 g/mol. The normalized spacial score (nSPS) is 11.5. The summed E-state index contributed by atoms with van der Waals surface area (Å²) in [6.45, 7) is 1.87. The summed E-state index contributed by atoms with van der Waals surface area (Å²) in [6, 6.07) is 12.6. The fraction of sp³-hybridized carbons (Fsp3) is 0.150. The molecule has 7 heteroatoms. The van der Waals surface area contributed by atoms with E-state index in [1.165, 1.54) is 36.8 Å². The van der Waals surface area contributed by atoms with Crippen LogP contribution in [0.25, 0.3) is 0 Å². The van der Waals surface area contributed by atoms with Crippen molar-refractivity contribution < 1.29 is 18.7 Å². The minimum Gasteiger partial charge on any atom is -0.497 e. The molecule has 0 bridgehead atoms. The van der Waals surface area contributed by atoms with Gasteiger partial charge in [0, 0.05) is 6.20 Å². The van der Waals surface area contributed by atoms with Gasteiger partial charge < -0.3 is 14.8 Å². The highest BCUT2D eigenvalue weighted by Crippen LogP contribution is 2.24. The molecular weight excluding hydrogens is 349 g/mol. The van der Waals surface area contributed by atoms with E-state index in [0.29, 0.717) is 5.75 Å². The number of nitrogens with zero attached hydrogens (tertiary/aromatic N) is 2. The standard InChI is InChI=1S/C20H18FN3O3/c1-13(14-3-7-16(26-2)8-4-14)24-19(25)18-11-22-12-23-20(18)27-17-9-5-15(21)6-10-17/h3-13H,1-2H3,(H,24,25). The molecule has 0 spiro atoms. The largest absolute Gasteiger partial charge is 0.497 e. The fourth-order valence-electron chi connectivity index (χ4n) is 2.42. The van der Waals surface area contributed by atoms with Crippen LogP contribution in [0.5, 0.6) is 17.4 Å². The molecule has 138 valence electrons. The fourth-order valence-corrected chi connectivity index (χ4v) is 2.42. The van der Waals surface area contributed by atoms with Gasteiger partial charge in [0.1, 0.15) is 29.2 Å². The highest BCUT2D eigenvalue weighted by molar-refractivity contribution is 5.96. The van der Waals surface area contributed by atoms with Crippen molar-refractivity contribution in [1.82, 2.24) is 15.3 Å². The predicted octanol–water partition coefficient (Wildman–Crippen LogP) is 3.91. The monoisotopic (exact) mass is 367 g/mol. The van der Waals surface area contributed by atoms with Crippen LogP contribution in [0.4, 0.5) is 4.39 Å². The predicted molar refractivity (Wildman–Crippen MR) is 97.4 cm³/mol. The number of halogens is 1. The highest BCUT2D eigenvalue weighted by atomic mass is 19.1. The molecule has 1 aromatic heterocycles. The first-order chi connectivity index (χ1) is 13.1. The molecule has 1 heterocycles. The lowest BCUT2D eigenvalue weighted by Gasteiger charge is -2.16. The van der Waals surface area contributed by atoms with E-state index in [0.717, 1.165) is 11.3 Å². The molecule has 1 N–H and O–H groups in total. The molecule has 3 rings (SSSR count). The molecule has 1 unspecified atom stereocenters. The zero-order valence-electron chi connectivity index (χ0n) is 14.8. The van der Waals surface area contributed by atoms with E-state index in [4.69, 9.17) is 9.47 Å². The molecule has 27 heavy (non-hydrogen) atoms. The number of carbonyl (C=O) groups excluding carboxylic acids is 1. The van der Waals surface area contributed by atoms with Crippen LogP contribution in [0, 0.1) is 5.82 Å². The lowest BCUT2D eigenvalue weighted by Crippen LogP contribution is -2.27. The van der Waals surface area contributed by atoms with Gasteiger partial charge in [-0.2, -0.15) is 0 Å². The second kappa shape index (κ2) is 8.27. The molecule has 0 aliphatic rings. The van der Waals surface area contributed by atoms with Crippen LogP contribution in [0.15, 0.2) is 61.1 Å². The number of hydrogen-bond acceptors (Lipinski definition) is 5. The number of aromatic nitrogens is 2. The first-order valence-corrected chi connectivity index (χ1v) is 8.25. The van der Waals surface area contributed by atoms with Gasteiger partial charge in [0.2, 0.25) is 5.88 Å². The first-order valence-electron chi connectivity index (χ1n) is 8.25. The minimum absolute atomic E-state index is 0.0936. The van der Waals surface area contributed by atoms with Crippen LogP contribution < -0.4 is 14.8 Å². The van der Waals surface area contributed by atoms with Crippen molar-refractivity contribution in [2.24, 2.45) is 0 Å². The van der Waals surface area contributed by atoms with E-state index in [2.05, 4.69) is 15.3 Å². The Labute approximate surface area is 156 Å². The molecule has 0 fully saturated rings. The van der Waals surface area contributed by atoms with Crippen molar-refractivity contribution in [3.05, 3.63) is 78.0 Å². The van der Waals surface area contributed by atoms with Crippen LogP contribution in [-0.4, -0.2) is 23.0 Å². The first kappa shape index (κ1) is 18.3. The van der Waals surface area contributed by atoms with Gasteiger partial charge in [0.15, 0.2) is 0 Å². The zero-order chi connectivity index (χ0) is 19.2. The van der Waals surface area contributed by atoms with Gasteiger partial charge in [-0.05, 0) is 48.9 Å². The Morgan fingerprint density at radius 3 is 2.41 bits per heavy atom. The number of ether oxygens (including phenoxy) is 2. The molecule has 1 atom stereocenters. The van der Waals surface area contributed by atoms with Crippen molar-refractivity contribution in [2.75, 3.05) is 7.11 Å². The quantitative estimate of drug-likeness (QED) is 0.715. The average Bonchev–Trinajstić information content (AvgIpc) is 2.70. The van der Waals surface area contributed by atoms with Gasteiger partial charge in [-0.3, -0.25) is 4.79 Å². The smallest absolute Gasteiger partial charge is 0.258 e. The third-order valence-corrected chi connectivity index (χ3v) is 3.91. The number of carbonyl (C=O) groups is 1. The molecule has 2 aromatic carbocycles. The van der Waals surface area contributed by atoms with Gasteiger partial charge in [0.05, 0.1) is 13.2 Å². The Balaban J connectivity index is 1.75. The maximum absolute atomic E-state index is 13.0. The molecule has 3 aromatic rings. The number of rotatable bonds is 6. The lowest BCUT2D eigenvalue weighted by atomic mass is 10.1. The number of methoxy groups -OCH3 is 1. The van der Waals surface area contributed by atoms with Crippen molar-refractivity contribution in [2.45, 2.75) is 13.0 Å². The van der Waals surface area contributed by atoms with E-state index in [9.17, 15) is 9.18 Å². The Hall–Kier alpha value is -3.48. The van der Waals surface area contributed by atoms with Crippen LogP contribution in [0.1, 0.15) is 28.9 Å². The molecule has 0 radical (unpaired) electrons. The second-order valence-corrected chi connectivity index (χ2v) is 5.77. The summed E-state index contributed by atoms with van der Waals surface area (Å²) in [5.41, 5.74) is 1.10. The van der Waals surface area contributed by atoms with E-state index in [1.807, 2.05) is 31.2 Å². The maximum Gasteiger partial charge on any atom is 0.258 e. The zero-order valence-corrected chi connectivity index (χ0v) is 14.8. The van der Waals surface area contributed by atoms with Gasteiger partial charge in [0.25, 0.3) is 5.91 Å². The SMILES string of the molecule is COc1ccc(C(C)NC(=O)c2cncnc2Oc2ccc(F)cc2)cc1. The number of amides is 1. The van der Waals surface area contributed by atoms with Gasteiger partial charge in [-0.1, -0.05) is 12.1 Å². The molecule has 0 saturated heterocycles. The topological polar surface area (TPSA) is 73.3 Å². The molecule has 0 aliphatic heterocycles. The van der Waals surface area contributed by atoms with Crippen LogP contribution in [0.2, 0.25) is 0 Å². The molecular formula is C20H18FN3O3. The van der Waals surface area contributed by atoms with Gasteiger partial charge >= 0.3 is 0 Å². The van der Waals surface area contributed by atoms with E-state index in [-0.39, 0.29) is 29.2 Å². The van der Waals surface area contributed by atoms with Crippen LogP contribution >= 0.6 is 0 Å². The Bertz CT molecular complexity index is 915. The number of benzene rings is 2. The Kier molecular flexibility index (Phi) is 5.61. The summed E-state index contributed by atoms with van der Waals surface area (Å²) >= 11 is 0. The molecule has 6 nitrogen and oxygen atoms in total. The van der Waals surface area contributed by atoms with Crippen LogP contribution in [0.3, 0.4) is 0 Å². The van der Waals surface area contributed by atoms with Crippen LogP contribution in [-0.2, 0) is 0 Å². The summed E-state index contributed by atoms with van der Waals surface area (Å²) in [5.74, 6) is 0.444. The summed E-state index contributed by atoms with van der Waals surface area (Å²) in [5, 5.41) is 2.89. The van der Waals surface area contributed by atoms with Crippen molar-refractivity contribution in [1.29, 1.82) is 0 Å². The van der Waals surface area contributed by atoms with E-state index in [1.54, 1.807) is 7.11 Å². The summed E-state index contributed by atoms with van der Waals surface area (Å²) in [7, 11) is 1.60. The lowest BCUT2D eigenvalue weighted by molar-refractivity contribution is 0.0936. The minimum atomic E-state index is -0.379. The summed E-state index contributed by atoms with van der Waals surface area (Å²) < 4.78 is 23.8. The summed E-state index contributed by atoms with van der Waals surface area (Å²) in [6.07, 6.45) is 2.66. The third kappa shape index (κ3) is 4.58. The van der Waals surface area contributed by atoms with Crippen molar-refractivity contribution in [3.8, 4) is 17.4 Å². The highest BCUT2D eigenvalue weighted by Gasteiger charge is 2.18. The molecule has 0 saturated carbocycles. The maximum atomic E-state index is 13.0. The third-order valence-electron chi connectivity index (χ3n) is 3.91. The van der Waals surface area contributed by atoms with E-state index >= 15 is 0 Å². The molecule has 1 amide bonds. The summed E-state index contributed by atoms with van der Waals surface area (Å²) in [4.78, 5) is 20.6. The van der Waals surface area contributed by atoms with E-state index < -0.39 is 0 Å². The Morgan fingerprint density at radius 2 is 1.74 bits per heavy atom. The van der Waals surface area contributed by atoms with Gasteiger partial charge in [-0.15, -0.1) is 0 Å². The number of hydrogen-bond donors (Lipinski definition) is 1. The van der Waals surface area contributed by atoms with Crippen molar-refractivity contribution in [3.63, 3.8) is 0 Å². The second-order valence-electron chi connectivity index (χ2n) is 5.77.